The fraction of sp³-hybridized carbons (Fsp3) is 0.308. The van der Waals surface area contributed by atoms with E-state index in [4.69, 9.17) is 5.73 Å². The molecular formula is C13H16N4. The number of nitrogens with zero attached hydrogens (tertiary/aromatic N) is 3. The molecule has 0 saturated carbocycles. The van der Waals surface area contributed by atoms with Crippen molar-refractivity contribution in [2.75, 3.05) is 5.73 Å². The summed E-state index contributed by atoms with van der Waals surface area (Å²) in [6.07, 6.45) is 1.72. The topological polar surface area (TPSA) is 64.7 Å². The molecule has 0 bridgehead atoms. The van der Waals surface area contributed by atoms with Crippen molar-refractivity contribution >= 4 is 5.82 Å². The molecule has 2 aromatic rings. The molecule has 2 N–H and O–H groups in total. The lowest BCUT2D eigenvalue weighted by Crippen LogP contribution is -2.07. The van der Waals surface area contributed by atoms with Crippen LogP contribution in [0.5, 0.6) is 0 Å². The molecule has 2 heterocycles. The lowest BCUT2D eigenvalue weighted by molar-refractivity contribution is 0.835. The highest BCUT2D eigenvalue weighted by Crippen LogP contribution is 2.25. The van der Waals surface area contributed by atoms with Gasteiger partial charge in [0.05, 0.1) is 0 Å². The van der Waals surface area contributed by atoms with Crippen LogP contribution in [0, 0.1) is 6.92 Å². The molecule has 4 heteroatoms. The second-order valence-corrected chi connectivity index (χ2v) is 4.30. The highest BCUT2D eigenvalue weighted by atomic mass is 15.0. The Labute approximate surface area is 101 Å². The molecule has 0 atom stereocenters. The fourth-order valence-corrected chi connectivity index (χ4v) is 1.93. The van der Waals surface area contributed by atoms with Crippen LogP contribution in [0.2, 0.25) is 0 Å². The van der Waals surface area contributed by atoms with E-state index < -0.39 is 0 Å². The van der Waals surface area contributed by atoms with Gasteiger partial charge in [0.2, 0.25) is 0 Å². The summed E-state index contributed by atoms with van der Waals surface area (Å²) in [5.41, 5.74) is 8.67. The zero-order chi connectivity index (χ0) is 12.4. The summed E-state index contributed by atoms with van der Waals surface area (Å²) >= 11 is 0. The number of aryl methyl sites for hydroxylation is 1. The summed E-state index contributed by atoms with van der Waals surface area (Å²) in [5, 5.41) is 0. The van der Waals surface area contributed by atoms with E-state index in [-0.39, 0.29) is 0 Å². The van der Waals surface area contributed by atoms with Crippen molar-refractivity contribution in [2.24, 2.45) is 0 Å². The van der Waals surface area contributed by atoms with Gasteiger partial charge in [-0.2, -0.15) is 0 Å². The van der Waals surface area contributed by atoms with Gasteiger partial charge in [0.1, 0.15) is 11.5 Å². The van der Waals surface area contributed by atoms with Crippen molar-refractivity contribution in [1.82, 2.24) is 15.0 Å². The Bertz CT molecular complexity index is 497. The van der Waals surface area contributed by atoms with Gasteiger partial charge >= 0.3 is 0 Å². The van der Waals surface area contributed by atoms with Crippen molar-refractivity contribution in [3.05, 3.63) is 35.7 Å². The van der Waals surface area contributed by atoms with Crippen LogP contribution < -0.4 is 5.73 Å². The van der Waals surface area contributed by atoms with E-state index in [0.717, 1.165) is 17.0 Å². The van der Waals surface area contributed by atoms with Gasteiger partial charge < -0.3 is 5.73 Å². The van der Waals surface area contributed by atoms with Gasteiger partial charge in [-0.3, -0.25) is 4.98 Å². The standard InChI is InChI=1S/C13H16N4/c1-8(2)11-9(3)16-13(17-12(11)14)10-6-4-5-7-15-10/h4-8H,1-3H3,(H2,14,16,17). The minimum absolute atomic E-state index is 0.327. The van der Waals surface area contributed by atoms with E-state index in [0.29, 0.717) is 17.6 Å². The number of nitrogens with two attached hydrogens (primary N) is 1. The molecule has 0 aliphatic heterocycles. The Morgan fingerprint density at radius 2 is 1.94 bits per heavy atom. The van der Waals surface area contributed by atoms with Gasteiger partial charge in [-0.25, -0.2) is 9.97 Å². The molecule has 88 valence electrons. The van der Waals surface area contributed by atoms with Crippen LogP contribution in [0.25, 0.3) is 11.5 Å². The average Bonchev–Trinajstić information content (AvgIpc) is 2.28. The maximum absolute atomic E-state index is 5.98. The van der Waals surface area contributed by atoms with Crippen LogP contribution in [-0.4, -0.2) is 15.0 Å². The molecule has 0 radical (unpaired) electrons. The minimum Gasteiger partial charge on any atom is -0.383 e. The van der Waals surface area contributed by atoms with E-state index in [9.17, 15) is 0 Å². The highest BCUT2D eigenvalue weighted by molar-refractivity contribution is 5.55. The first-order valence-corrected chi connectivity index (χ1v) is 5.65. The predicted octanol–water partition coefficient (Wildman–Crippen LogP) is 2.55. The number of rotatable bonds is 2. The van der Waals surface area contributed by atoms with E-state index in [2.05, 4.69) is 28.8 Å². The summed E-state index contributed by atoms with van der Waals surface area (Å²) in [5.74, 6) is 1.46. The number of anilines is 1. The van der Waals surface area contributed by atoms with Crippen LogP contribution in [-0.2, 0) is 0 Å². The van der Waals surface area contributed by atoms with Crippen LogP contribution in [0.4, 0.5) is 5.82 Å². The molecule has 17 heavy (non-hydrogen) atoms. The Morgan fingerprint density at radius 3 is 2.47 bits per heavy atom. The third-order valence-corrected chi connectivity index (χ3v) is 2.64. The maximum atomic E-state index is 5.98. The fourth-order valence-electron chi connectivity index (χ4n) is 1.93. The molecule has 0 aliphatic rings. The van der Waals surface area contributed by atoms with Gasteiger partial charge in [0.15, 0.2) is 5.82 Å². The van der Waals surface area contributed by atoms with Gasteiger partial charge in [-0.15, -0.1) is 0 Å². The molecule has 0 aromatic carbocycles. The predicted molar refractivity (Wildman–Crippen MR) is 68.5 cm³/mol. The van der Waals surface area contributed by atoms with E-state index in [1.807, 2.05) is 25.1 Å². The lowest BCUT2D eigenvalue weighted by atomic mass is 10.0. The first-order chi connectivity index (χ1) is 8.09. The van der Waals surface area contributed by atoms with Crippen molar-refractivity contribution < 1.29 is 0 Å². The number of hydrogen-bond donors (Lipinski definition) is 1. The number of aromatic nitrogens is 3. The zero-order valence-electron chi connectivity index (χ0n) is 10.3. The SMILES string of the molecule is Cc1nc(-c2ccccn2)nc(N)c1C(C)C. The van der Waals surface area contributed by atoms with Crippen molar-refractivity contribution in [3.8, 4) is 11.5 Å². The van der Waals surface area contributed by atoms with Crippen LogP contribution in [0.1, 0.15) is 31.0 Å². The molecule has 0 spiro atoms. The summed E-state index contributed by atoms with van der Waals surface area (Å²) < 4.78 is 0. The van der Waals surface area contributed by atoms with Crippen molar-refractivity contribution in [1.29, 1.82) is 0 Å². The average molecular weight is 228 g/mol. The van der Waals surface area contributed by atoms with Gasteiger partial charge in [-0.05, 0) is 25.0 Å². The third-order valence-electron chi connectivity index (χ3n) is 2.64. The second-order valence-electron chi connectivity index (χ2n) is 4.30. The maximum Gasteiger partial charge on any atom is 0.180 e. The molecular weight excluding hydrogens is 212 g/mol. The molecule has 2 rings (SSSR count). The van der Waals surface area contributed by atoms with E-state index >= 15 is 0 Å². The molecule has 2 aromatic heterocycles. The van der Waals surface area contributed by atoms with E-state index in [1.54, 1.807) is 6.20 Å². The Morgan fingerprint density at radius 1 is 1.18 bits per heavy atom. The second kappa shape index (κ2) is 4.49. The molecule has 0 unspecified atom stereocenters. The van der Waals surface area contributed by atoms with Gasteiger partial charge in [0.25, 0.3) is 0 Å². The quantitative estimate of drug-likeness (QED) is 0.857. The van der Waals surface area contributed by atoms with Crippen molar-refractivity contribution in [2.45, 2.75) is 26.7 Å². The van der Waals surface area contributed by atoms with Crippen molar-refractivity contribution in [3.63, 3.8) is 0 Å². The Balaban J connectivity index is 2.53. The first-order valence-electron chi connectivity index (χ1n) is 5.65. The number of hydrogen-bond acceptors (Lipinski definition) is 4. The summed E-state index contributed by atoms with van der Waals surface area (Å²) in [6, 6.07) is 5.65. The van der Waals surface area contributed by atoms with Gasteiger partial charge in [0, 0.05) is 17.5 Å². The van der Waals surface area contributed by atoms with Gasteiger partial charge in [-0.1, -0.05) is 19.9 Å². The first kappa shape index (κ1) is 11.5. The lowest BCUT2D eigenvalue weighted by Gasteiger charge is -2.12. The molecule has 4 nitrogen and oxygen atoms in total. The summed E-state index contributed by atoms with van der Waals surface area (Å²) in [6.45, 7) is 6.13. The van der Waals surface area contributed by atoms with Crippen LogP contribution >= 0.6 is 0 Å². The Hall–Kier alpha value is -1.97. The normalized spacial score (nSPS) is 10.8. The largest absolute Gasteiger partial charge is 0.383 e. The summed E-state index contributed by atoms with van der Waals surface area (Å²) in [4.78, 5) is 13.0. The van der Waals surface area contributed by atoms with Crippen LogP contribution in [0.15, 0.2) is 24.4 Å². The molecule has 0 amide bonds. The van der Waals surface area contributed by atoms with Crippen LogP contribution in [0.3, 0.4) is 0 Å². The molecule has 0 saturated heterocycles. The number of pyridine rings is 1. The highest BCUT2D eigenvalue weighted by Gasteiger charge is 2.13. The molecule has 0 fully saturated rings. The number of nitrogen functional groups attached to an aromatic ring is 1. The Kier molecular flexibility index (Phi) is 3.04. The van der Waals surface area contributed by atoms with E-state index in [1.165, 1.54) is 0 Å². The minimum atomic E-state index is 0.327. The third kappa shape index (κ3) is 2.25. The zero-order valence-corrected chi connectivity index (χ0v) is 10.3. The molecule has 0 aliphatic carbocycles. The smallest absolute Gasteiger partial charge is 0.180 e. The summed E-state index contributed by atoms with van der Waals surface area (Å²) in [7, 11) is 0. The monoisotopic (exact) mass is 228 g/mol.